The van der Waals surface area contributed by atoms with Crippen molar-refractivity contribution < 1.29 is 9.90 Å². The van der Waals surface area contributed by atoms with E-state index in [4.69, 9.17) is 0 Å². The van der Waals surface area contributed by atoms with Crippen LogP contribution in [0.15, 0.2) is 5.16 Å². The van der Waals surface area contributed by atoms with Crippen LogP contribution in [0.3, 0.4) is 0 Å². The van der Waals surface area contributed by atoms with Gasteiger partial charge in [0.05, 0.1) is 17.9 Å². The standard InChI is InChI=1S/C11H19N5O2S/c1-7(2)9(17)5-12-10(18)6-19-11-13-14-15-16(11)8-3-4-8/h7-9,17H,3-6H2,1-2H3,(H,12,18). The number of amides is 1. The minimum Gasteiger partial charge on any atom is -0.391 e. The Bertz CT molecular complexity index is 432. The minimum absolute atomic E-state index is 0.116. The van der Waals surface area contributed by atoms with Gasteiger partial charge in [-0.05, 0) is 29.2 Å². The van der Waals surface area contributed by atoms with Crippen molar-refractivity contribution in [1.29, 1.82) is 0 Å². The first-order chi connectivity index (χ1) is 9.08. The largest absolute Gasteiger partial charge is 0.391 e. The van der Waals surface area contributed by atoms with Gasteiger partial charge in [-0.2, -0.15) is 0 Å². The molecule has 1 aliphatic carbocycles. The van der Waals surface area contributed by atoms with Crippen molar-refractivity contribution >= 4 is 17.7 Å². The Morgan fingerprint density at radius 3 is 2.95 bits per heavy atom. The highest BCUT2D eigenvalue weighted by Gasteiger charge is 2.28. The summed E-state index contributed by atoms with van der Waals surface area (Å²) in [6, 6.07) is 0.406. The van der Waals surface area contributed by atoms with Gasteiger partial charge in [0.2, 0.25) is 11.1 Å². The van der Waals surface area contributed by atoms with E-state index >= 15 is 0 Å². The number of aliphatic hydroxyl groups is 1. The van der Waals surface area contributed by atoms with Crippen molar-refractivity contribution in [3.63, 3.8) is 0 Å². The highest BCUT2D eigenvalue weighted by Crippen LogP contribution is 2.36. The molecule has 7 nitrogen and oxygen atoms in total. The van der Waals surface area contributed by atoms with E-state index in [0.717, 1.165) is 12.8 Å². The molecule has 0 saturated heterocycles. The number of carbonyl (C=O) groups is 1. The normalized spacial score (nSPS) is 16.6. The van der Waals surface area contributed by atoms with Crippen LogP contribution in [-0.4, -0.2) is 49.6 Å². The van der Waals surface area contributed by atoms with Crippen molar-refractivity contribution in [3.05, 3.63) is 0 Å². The second kappa shape index (κ2) is 6.33. The van der Waals surface area contributed by atoms with Gasteiger partial charge in [0.15, 0.2) is 0 Å². The lowest BCUT2D eigenvalue weighted by molar-refractivity contribution is -0.119. The van der Waals surface area contributed by atoms with Crippen molar-refractivity contribution in [3.8, 4) is 0 Å². The lowest BCUT2D eigenvalue weighted by Gasteiger charge is -2.14. The van der Waals surface area contributed by atoms with Crippen molar-refractivity contribution in [1.82, 2.24) is 25.5 Å². The third-order valence-electron chi connectivity index (χ3n) is 2.97. The summed E-state index contributed by atoms with van der Waals surface area (Å²) in [7, 11) is 0. The van der Waals surface area contributed by atoms with Crippen LogP contribution in [0.4, 0.5) is 0 Å². The summed E-state index contributed by atoms with van der Waals surface area (Å²) < 4.78 is 1.78. The maximum Gasteiger partial charge on any atom is 0.230 e. The van der Waals surface area contributed by atoms with E-state index in [2.05, 4.69) is 20.8 Å². The first-order valence-electron chi connectivity index (χ1n) is 6.43. The molecule has 0 aliphatic heterocycles. The summed E-state index contributed by atoms with van der Waals surface area (Å²) in [4.78, 5) is 11.6. The van der Waals surface area contributed by atoms with Gasteiger partial charge in [-0.15, -0.1) is 5.10 Å². The van der Waals surface area contributed by atoms with Crippen LogP contribution in [0.1, 0.15) is 32.7 Å². The molecule has 0 radical (unpaired) electrons. The van der Waals surface area contributed by atoms with E-state index in [1.807, 2.05) is 13.8 Å². The topological polar surface area (TPSA) is 92.9 Å². The summed E-state index contributed by atoms with van der Waals surface area (Å²) in [6.07, 6.45) is 1.70. The smallest absolute Gasteiger partial charge is 0.230 e. The van der Waals surface area contributed by atoms with Gasteiger partial charge >= 0.3 is 0 Å². The van der Waals surface area contributed by atoms with E-state index in [1.165, 1.54) is 11.8 Å². The second-order valence-electron chi connectivity index (χ2n) is 5.04. The number of nitrogens with zero attached hydrogens (tertiary/aromatic N) is 4. The van der Waals surface area contributed by atoms with Gasteiger partial charge in [0.1, 0.15) is 0 Å². The van der Waals surface area contributed by atoms with Crippen LogP contribution < -0.4 is 5.32 Å². The van der Waals surface area contributed by atoms with E-state index in [9.17, 15) is 9.90 Å². The molecule has 0 bridgehead atoms. The summed E-state index contributed by atoms with van der Waals surface area (Å²) in [5.74, 6) is 0.280. The van der Waals surface area contributed by atoms with Gasteiger partial charge in [-0.1, -0.05) is 25.6 Å². The zero-order valence-corrected chi connectivity index (χ0v) is 11.9. The molecule has 106 valence electrons. The van der Waals surface area contributed by atoms with Gasteiger partial charge in [-0.3, -0.25) is 4.79 Å². The molecule has 0 aromatic carbocycles. The summed E-state index contributed by atoms with van der Waals surface area (Å²) in [5.41, 5.74) is 0. The Morgan fingerprint density at radius 2 is 2.32 bits per heavy atom. The minimum atomic E-state index is -0.509. The number of thioether (sulfide) groups is 1. The molecule has 19 heavy (non-hydrogen) atoms. The van der Waals surface area contributed by atoms with Crippen molar-refractivity contribution in [2.75, 3.05) is 12.3 Å². The van der Waals surface area contributed by atoms with Gasteiger partial charge in [-0.25, -0.2) is 4.68 Å². The molecule has 1 amide bonds. The summed E-state index contributed by atoms with van der Waals surface area (Å²) in [5, 5.41) is 24.4. The van der Waals surface area contributed by atoms with Crippen LogP contribution in [0.5, 0.6) is 0 Å². The van der Waals surface area contributed by atoms with E-state index in [0.29, 0.717) is 11.2 Å². The fourth-order valence-electron chi connectivity index (χ4n) is 1.46. The Morgan fingerprint density at radius 1 is 1.58 bits per heavy atom. The van der Waals surface area contributed by atoms with Crippen LogP contribution in [0.25, 0.3) is 0 Å². The number of tetrazole rings is 1. The average molecular weight is 285 g/mol. The Kier molecular flexibility index (Phi) is 4.76. The number of aliphatic hydroxyl groups excluding tert-OH is 1. The molecule has 1 saturated carbocycles. The number of hydrogen-bond acceptors (Lipinski definition) is 6. The maximum absolute atomic E-state index is 11.6. The highest BCUT2D eigenvalue weighted by molar-refractivity contribution is 7.99. The fraction of sp³-hybridized carbons (Fsp3) is 0.818. The monoisotopic (exact) mass is 285 g/mol. The van der Waals surface area contributed by atoms with E-state index in [-0.39, 0.29) is 24.1 Å². The SMILES string of the molecule is CC(C)C(O)CNC(=O)CSc1nnnn1C1CC1. The Hall–Kier alpha value is -1.15. The highest BCUT2D eigenvalue weighted by atomic mass is 32.2. The molecule has 1 unspecified atom stereocenters. The molecule has 1 heterocycles. The molecular weight excluding hydrogens is 266 g/mol. The van der Waals surface area contributed by atoms with Gasteiger partial charge in [0, 0.05) is 6.54 Å². The lowest BCUT2D eigenvalue weighted by atomic mass is 10.1. The molecular formula is C11H19N5O2S. The second-order valence-corrected chi connectivity index (χ2v) is 5.98. The quantitative estimate of drug-likeness (QED) is 0.697. The fourth-order valence-corrected chi connectivity index (χ4v) is 2.24. The Labute approximate surface area is 116 Å². The van der Waals surface area contributed by atoms with Crippen molar-refractivity contribution in [2.45, 2.75) is 44.0 Å². The number of nitrogens with one attached hydrogen (secondary N) is 1. The van der Waals surface area contributed by atoms with Crippen LogP contribution >= 0.6 is 11.8 Å². The van der Waals surface area contributed by atoms with Crippen LogP contribution in [0, 0.1) is 5.92 Å². The average Bonchev–Trinajstić information content (AvgIpc) is 3.12. The molecule has 8 heteroatoms. The first kappa shape index (κ1) is 14.3. The lowest BCUT2D eigenvalue weighted by Crippen LogP contribution is -2.35. The van der Waals surface area contributed by atoms with E-state index < -0.39 is 6.10 Å². The third kappa shape index (κ3) is 4.17. The zero-order valence-electron chi connectivity index (χ0n) is 11.1. The summed E-state index contributed by atoms with van der Waals surface area (Å²) >= 11 is 1.32. The van der Waals surface area contributed by atoms with Crippen LogP contribution in [-0.2, 0) is 4.79 Å². The molecule has 2 N–H and O–H groups in total. The maximum atomic E-state index is 11.6. The molecule has 2 rings (SSSR count). The number of carbonyl (C=O) groups excluding carboxylic acids is 1. The van der Waals surface area contributed by atoms with Gasteiger partial charge < -0.3 is 10.4 Å². The number of aromatic nitrogens is 4. The molecule has 1 aliphatic rings. The predicted octanol–water partition coefficient (Wildman–Crippen LogP) is 0.233. The number of rotatable bonds is 7. The molecule has 1 atom stereocenters. The predicted molar refractivity (Wildman–Crippen MR) is 70.7 cm³/mol. The molecule has 1 aromatic heterocycles. The number of hydrogen-bond donors (Lipinski definition) is 2. The molecule has 1 fully saturated rings. The van der Waals surface area contributed by atoms with Crippen LogP contribution in [0.2, 0.25) is 0 Å². The summed E-state index contributed by atoms with van der Waals surface area (Å²) in [6.45, 7) is 4.11. The third-order valence-corrected chi connectivity index (χ3v) is 3.90. The van der Waals surface area contributed by atoms with E-state index in [1.54, 1.807) is 4.68 Å². The first-order valence-corrected chi connectivity index (χ1v) is 7.42. The van der Waals surface area contributed by atoms with Crippen molar-refractivity contribution in [2.24, 2.45) is 5.92 Å². The zero-order chi connectivity index (χ0) is 13.8. The molecule has 0 spiro atoms. The Balaban J connectivity index is 1.72. The van der Waals surface area contributed by atoms with Gasteiger partial charge in [0.25, 0.3) is 0 Å². The molecule has 1 aromatic rings.